The summed E-state index contributed by atoms with van der Waals surface area (Å²) >= 11 is 1.79. The Morgan fingerprint density at radius 1 is 1.35 bits per heavy atom. The molecule has 17 heavy (non-hydrogen) atoms. The smallest absolute Gasteiger partial charge is 0.0991 e. The normalized spacial score (nSPS) is 19.5. The van der Waals surface area contributed by atoms with Crippen LogP contribution in [0.4, 0.5) is 0 Å². The monoisotopic (exact) mass is 242 g/mol. The van der Waals surface area contributed by atoms with E-state index in [9.17, 15) is 0 Å². The second kappa shape index (κ2) is 4.12. The highest BCUT2D eigenvalue weighted by Crippen LogP contribution is 2.47. The van der Waals surface area contributed by atoms with Gasteiger partial charge in [0.2, 0.25) is 0 Å². The first kappa shape index (κ1) is 10.7. The predicted octanol–water partition coefficient (Wildman–Crippen LogP) is 3.79. The highest BCUT2D eigenvalue weighted by atomic mass is 32.2. The van der Waals surface area contributed by atoms with Crippen LogP contribution in [0.15, 0.2) is 29.7 Å². The zero-order valence-corrected chi connectivity index (χ0v) is 10.5. The zero-order chi connectivity index (χ0) is 11.8. The zero-order valence-electron chi connectivity index (χ0n) is 9.65. The fourth-order valence-corrected chi connectivity index (χ4v) is 3.80. The standard InChI is InChI=1S/C14H14N2S/c1-10-13-8-11(9-15)6-7-14(13)17-16(10)12-4-2-3-5-12/h6-8,12H,1-5H2. The minimum absolute atomic E-state index is 0.630. The Balaban J connectivity index is 1.92. The Kier molecular flexibility index (Phi) is 2.60. The summed E-state index contributed by atoms with van der Waals surface area (Å²) in [5.41, 5.74) is 2.94. The Morgan fingerprint density at radius 2 is 2.12 bits per heavy atom. The molecule has 1 heterocycles. The summed E-state index contributed by atoms with van der Waals surface area (Å²) < 4.78 is 2.35. The molecule has 2 nitrogen and oxygen atoms in total. The average molecular weight is 242 g/mol. The van der Waals surface area contributed by atoms with Crippen LogP contribution in [0, 0.1) is 11.3 Å². The molecule has 1 aliphatic carbocycles. The lowest BCUT2D eigenvalue weighted by atomic mass is 10.1. The molecule has 86 valence electrons. The predicted molar refractivity (Wildman–Crippen MR) is 70.1 cm³/mol. The van der Waals surface area contributed by atoms with Gasteiger partial charge in [-0.05, 0) is 43.0 Å². The SMILES string of the molecule is C=C1c2cc(C#N)ccc2SN1C1CCCC1. The minimum Gasteiger partial charge on any atom is -0.309 e. The molecule has 0 N–H and O–H groups in total. The number of rotatable bonds is 1. The summed E-state index contributed by atoms with van der Waals surface area (Å²) in [6.07, 6.45) is 5.19. The molecule has 1 aliphatic heterocycles. The molecule has 0 unspecified atom stereocenters. The summed E-state index contributed by atoms with van der Waals surface area (Å²) in [6, 6.07) is 8.71. The van der Waals surface area contributed by atoms with E-state index in [4.69, 9.17) is 5.26 Å². The molecule has 0 spiro atoms. The van der Waals surface area contributed by atoms with Crippen LogP contribution in [0.1, 0.15) is 36.8 Å². The molecule has 3 rings (SSSR count). The lowest BCUT2D eigenvalue weighted by Gasteiger charge is -2.24. The van der Waals surface area contributed by atoms with Gasteiger partial charge in [-0.2, -0.15) is 5.26 Å². The molecular weight excluding hydrogens is 228 g/mol. The Morgan fingerprint density at radius 3 is 2.82 bits per heavy atom. The maximum Gasteiger partial charge on any atom is 0.0991 e. The molecular formula is C14H14N2S. The average Bonchev–Trinajstić information content (AvgIpc) is 2.97. The topological polar surface area (TPSA) is 27.0 Å². The molecule has 0 saturated heterocycles. The molecule has 0 amide bonds. The van der Waals surface area contributed by atoms with Crippen LogP contribution < -0.4 is 0 Å². The maximum atomic E-state index is 8.93. The second-order valence-electron chi connectivity index (χ2n) is 4.62. The number of fused-ring (bicyclic) bond motifs is 1. The van der Waals surface area contributed by atoms with E-state index in [1.54, 1.807) is 11.9 Å². The fourth-order valence-electron chi connectivity index (χ4n) is 2.62. The molecule has 0 aromatic heterocycles. The first-order chi connectivity index (χ1) is 8.29. The third-order valence-electron chi connectivity index (χ3n) is 3.54. The maximum absolute atomic E-state index is 8.93. The molecule has 0 atom stereocenters. The van der Waals surface area contributed by atoms with Crippen molar-refractivity contribution in [1.82, 2.24) is 4.31 Å². The summed E-state index contributed by atoms with van der Waals surface area (Å²) in [6.45, 7) is 4.19. The van der Waals surface area contributed by atoms with E-state index in [2.05, 4.69) is 17.0 Å². The van der Waals surface area contributed by atoms with Crippen molar-refractivity contribution >= 4 is 17.6 Å². The van der Waals surface area contributed by atoms with Gasteiger partial charge in [-0.15, -0.1) is 0 Å². The van der Waals surface area contributed by atoms with Crippen LogP contribution in [-0.4, -0.2) is 10.3 Å². The van der Waals surface area contributed by atoms with Gasteiger partial charge in [-0.25, -0.2) is 0 Å². The van der Waals surface area contributed by atoms with Gasteiger partial charge in [0.05, 0.1) is 11.6 Å². The van der Waals surface area contributed by atoms with Crippen LogP contribution in [0.25, 0.3) is 5.70 Å². The number of nitriles is 1. The molecule has 1 aromatic rings. The Hall–Kier alpha value is -1.40. The van der Waals surface area contributed by atoms with Crippen LogP contribution in [0.3, 0.4) is 0 Å². The van der Waals surface area contributed by atoms with E-state index >= 15 is 0 Å². The molecule has 2 aliphatic rings. The molecule has 1 fully saturated rings. The summed E-state index contributed by atoms with van der Waals surface area (Å²) in [5.74, 6) is 0. The number of nitrogens with zero attached hydrogens (tertiary/aromatic N) is 2. The van der Waals surface area contributed by atoms with Crippen LogP contribution in [0.5, 0.6) is 0 Å². The summed E-state index contributed by atoms with van der Waals surface area (Å²) in [5, 5.41) is 8.93. The molecule has 1 saturated carbocycles. The van der Waals surface area contributed by atoms with Gasteiger partial charge in [0.15, 0.2) is 0 Å². The van der Waals surface area contributed by atoms with E-state index in [-0.39, 0.29) is 0 Å². The van der Waals surface area contributed by atoms with Gasteiger partial charge < -0.3 is 4.31 Å². The quantitative estimate of drug-likeness (QED) is 0.701. The molecule has 1 aromatic carbocycles. The fraction of sp³-hybridized carbons (Fsp3) is 0.357. The first-order valence-corrected chi connectivity index (χ1v) is 6.77. The summed E-state index contributed by atoms with van der Waals surface area (Å²) in [4.78, 5) is 1.24. The van der Waals surface area contributed by atoms with Gasteiger partial charge in [0.1, 0.15) is 0 Å². The van der Waals surface area contributed by atoms with Gasteiger partial charge in [0, 0.05) is 22.2 Å². The molecule has 0 bridgehead atoms. The summed E-state index contributed by atoms with van der Waals surface area (Å²) in [7, 11) is 0. The van der Waals surface area contributed by atoms with Gasteiger partial charge in [0.25, 0.3) is 0 Å². The number of hydrogen-bond acceptors (Lipinski definition) is 3. The van der Waals surface area contributed by atoms with Crippen molar-refractivity contribution in [2.24, 2.45) is 0 Å². The van der Waals surface area contributed by atoms with Crippen molar-refractivity contribution in [3.63, 3.8) is 0 Å². The third-order valence-corrected chi connectivity index (χ3v) is 4.81. The van der Waals surface area contributed by atoms with Crippen molar-refractivity contribution in [3.8, 4) is 6.07 Å². The Labute approximate surface area is 106 Å². The van der Waals surface area contributed by atoms with Crippen molar-refractivity contribution in [2.75, 3.05) is 0 Å². The van der Waals surface area contributed by atoms with E-state index in [0.717, 1.165) is 16.8 Å². The first-order valence-electron chi connectivity index (χ1n) is 6.00. The van der Waals surface area contributed by atoms with E-state index in [1.165, 1.54) is 30.6 Å². The number of benzene rings is 1. The lowest BCUT2D eigenvalue weighted by Crippen LogP contribution is -2.21. The van der Waals surface area contributed by atoms with Gasteiger partial charge in [-0.1, -0.05) is 19.4 Å². The van der Waals surface area contributed by atoms with Crippen LogP contribution in [-0.2, 0) is 0 Å². The van der Waals surface area contributed by atoms with Crippen molar-refractivity contribution in [2.45, 2.75) is 36.6 Å². The van der Waals surface area contributed by atoms with Crippen LogP contribution in [0.2, 0.25) is 0 Å². The lowest BCUT2D eigenvalue weighted by molar-refractivity contribution is 0.473. The minimum atomic E-state index is 0.630. The van der Waals surface area contributed by atoms with E-state index in [0.29, 0.717) is 6.04 Å². The van der Waals surface area contributed by atoms with Crippen molar-refractivity contribution in [1.29, 1.82) is 5.26 Å². The largest absolute Gasteiger partial charge is 0.309 e. The Bertz CT molecular complexity index is 509. The van der Waals surface area contributed by atoms with Crippen LogP contribution >= 0.6 is 11.9 Å². The van der Waals surface area contributed by atoms with E-state index in [1.807, 2.05) is 18.2 Å². The molecule has 0 radical (unpaired) electrons. The van der Waals surface area contributed by atoms with Crippen molar-refractivity contribution < 1.29 is 0 Å². The van der Waals surface area contributed by atoms with Crippen molar-refractivity contribution in [3.05, 3.63) is 35.9 Å². The van der Waals surface area contributed by atoms with Gasteiger partial charge >= 0.3 is 0 Å². The van der Waals surface area contributed by atoms with Gasteiger partial charge in [-0.3, -0.25) is 0 Å². The molecule has 3 heteroatoms. The number of hydrogen-bond donors (Lipinski definition) is 0. The van der Waals surface area contributed by atoms with E-state index < -0.39 is 0 Å². The highest BCUT2D eigenvalue weighted by molar-refractivity contribution is 7.97. The second-order valence-corrected chi connectivity index (χ2v) is 5.64. The highest BCUT2D eigenvalue weighted by Gasteiger charge is 2.31. The third kappa shape index (κ3) is 1.73.